The van der Waals surface area contributed by atoms with Crippen LogP contribution in [0.15, 0.2) is 35.7 Å². The largest absolute Gasteiger partial charge is 0.469 e. The number of carbonyl (C=O) groups excluding carboxylic acids is 5. The van der Waals surface area contributed by atoms with Gasteiger partial charge in [0.25, 0.3) is 5.91 Å². The van der Waals surface area contributed by atoms with Crippen LogP contribution in [0.2, 0.25) is 0 Å². The van der Waals surface area contributed by atoms with E-state index in [0.717, 1.165) is 12.0 Å². The molecule has 0 saturated carbocycles. The molecule has 12 nitrogen and oxygen atoms in total. The SMILES string of the molecule is CCCO[C@H](C[C@H](C(C)C)N(CCC)C(=O)[C@@H](CC(=O)[C@H](CC(C)C)N(C)C(=O)OC(C)(C)C)[C@@H](C)CC)c1nc(C(=O)N[C@@H](Cc2ccccc2)C[C@H](C)C(=O)OC)cs1. The van der Waals surface area contributed by atoms with Gasteiger partial charge in [-0.2, -0.15) is 0 Å². The maximum atomic E-state index is 15.0. The van der Waals surface area contributed by atoms with E-state index in [1.807, 2.05) is 76.8 Å². The molecule has 0 spiro atoms. The van der Waals surface area contributed by atoms with E-state index in [-0.39, 0.29) is 65.5 Å². The molecular formula is C48H78N4O8S. The Bertz CT molecular complexity index is 1660. The number of amides is 3. The summed E-state index contributed by atoms with van der Waals surface area (Å²) in [4.78, 5) is 76.8. The number of esters is 1. The normalized spacial score (nSPS) is 15.3. The topological polar surface area (TPSA) is 144 Å². The van der Waals surface area contributed by atoms with E-state index in [1.54, 1.807) is 40.1 Å². The van der Waals surface area contributed by atoms with Gasteiger partial charge in [0.15, 0.2) is 5.78 Å². The first-order valence-electron chi connectivity index (χ1n) is 22.5. The molecule has 0 aliphatic carbocycles. The molecule has 0 bridgehead atoms. The van der Waals surface area contributed by atoms with E-state index in [2.05, 4.69) is 19.2 Å². The first-order valence-corrected chi connectivity index (χ1v) is 23.3. The summed E-state index contributed by atoms with van der Waals surface area (Å²) in [6, 6.07) is 8.48. The van der Waals surface area contributed by atoms with Gasteiger partial charge in [0, 0.05) is 56.4 Å². The minimum absolute atomic E-state index is 0.00772. The van der Waals surface area contributed by atoms with Crippen molar-refractivity contribution in [1.82, 2.24) is 20.1 Å². The molecule has 13 heteroatoms. The molecule has 1 N–H and O–H groups in total. The maximum Gasteiger partial charge on any atom is 0.410 e. The highest BCUT2D eigenvalue weighted by atomic mass is 32.1. The lowest BCUT2D eigenvalue weighted by Gasteiger charge is -2.39. The van der Waals surface area contributed by atoms with Crippen molar-refractivity contribution in [2.24, 2.45) is 29.6 Å². The van der Waals surface area contributed by atoms with Crippen molar-refractivity contribution in [1.29, 1.82) is 0 Å². The molecule has 0 radical (unpaired) electrons. The lowest BCUT2D eigenvalue weighted by Crippen LogP contribution is -2.50. The number of nitrogens with one attached hydrogen (secondary N) is 1. The summed E-state index contributed by atoms with van der Waals surface area (Å²) in [6.45, 7) is 24.5. The minimum atomic E-state index is -0.734. The van der Waals surface area contributed by atoms with Crippen LogP contribution in [-0.4, -0.2) is 95.5 Å². The number of ketones is 1. The van der Waals surface area contributed by atoms with Crippen LogP contribution in [0.1, 0.15) is 155 Å². The highest BCUT2D eigenvalue weighted by molar-refractivity contribution is 7.09. The number of nitrogens with zero attached hydrogens (tertiary/aromatic N) is 3. The number of aromatic nitrogens is 1. The predicted octanol–water partition coefficient (Wildman–Crippen LogP) is 9.71. The Hall–Kier alpha value is -3.84. The van der Waals surface area contributed by atoms with Crippen molar-refractivity contribution in [3.05, 3.63) is 52.0 Å². The number of hydrogen-bond donors (Lipinski definition) is 1. The van der Waals surface area contributed by atoms with Gasteiger partial charge in [0.2, 0.25) is 5.91 Å². The van der Waals surface area contributed by atoms with Crippen LogP contribution in [-0.2, 0) is 35.0 Å². The Kier molecular flexibility index (Phi) is 22.7. The summed E-state index contributed by atoms with van der Waals surface area (Å²) in [5.41, 5.74) is 0.575. The molecule has 7 atom stereocenters. The first-order chi connectivity index (χ1) is 28.7. The molecule has 1 aromatic heterocycles. The molecule has 344 valence electrons. The minimum Gasteiger partial charge on any atom is -0.469 e. The summed E-state index contributed by atoms with van der Waals surface area (Å²) >= 11 is 1.35. The Morgan fingerprint density at radius 1 is 0.902 bits per heavy atom. The van der Waals surface area contributed by atoms with Gasteiger partial charge >= 0.3 is 12.1 Å². The van der Waals surface area contributed by atoms with Gasteiger partial charge in [-0.3, -0.25) is 19.2 Å². The maximum absolute atomic E-state index is 15.0. The molecule has 0 aliphatic rings. The first kappa shape index (κ1) is 53.3. The molecule has 2 rings (SSSR count). The summed E-state index contributed by atoms with van der Waals surface area (Å²) < 4.78 is 17.1. The van der Waals surface area contributed by atoms with Crippen molar-refractivity contribution in [2.75, 3.05) is 27.3 Å². The third-order valence-electron chi connectivity index (χ3n) is 11.1. The van der Waals surface area contributed by atoms with E-state index in [1.165, 1.54) is 23.3 Å². The number of methoxy groups -OCH3 is 1. The summed E-state index contributed by atoms with van der Waals surface area (Å²) in [7, 11) is 2.97. The van der Waals surface area contributed by atoms with Crippen molar-refractivity contribution < 1.29 is 38.2 Å². The van der Waals surface area contributed by atoms with Crippen LogP contribution in [0, 0.1) is 29.6 Å². The quantitative estimate of drug-likeness (QED) is 0.0914. The average Bonchev–Trinajstić information content (AvgIpc) is 3.70. The molecular weight excluding hydrogens is 793 g/mol. The average molecular weight is 871 g/mol. The molecule has 0 unspecified atom stereocenters. The van der Waals surface area contributed by atoms with Crippen LogP contribution in [0.4, 0.5) is 4.79 Å². The number of likely N-dealkylation sites (N-methyl/N-ethyl adjacent to an activating group) is 1. The lowest BCUT2D eigenvalue weighted by atomic mass is 9.82. The van der Waals surface area contributed by atoms with Crippen molar-refractivity contribution in [3.8, 4) is 0 Å². The predicted molar refractivity (Wildman–Crippen MR) is 243 cm³/mol. The van der Waals surface area contributed by atoms with Gasteiger partial charge in [-0.1, -0.05) is 99.1 Å². The number of thiazole rings is 1. The van der Waals surface area contributed by atoms with Gasteiger partial charge in [-0.15, -0.1) is 11.3 Å². The Morgan fingerprint density at radius 2 is 1.56 bits per heavy atom. The van der Waals surface area contributed by atoms with Crippen LogP contribution >= 0.6 is 11.3 Å². The van der Waals surface area contributed by atoms with E-state index in [4.69, 9.17) is 19.2 Å². The second kappa shape index (κ2) is 25.9. The third kappa shape index (κ3) is 17.5. The fraction of sp³-hybridized carbons (Fsp3) is 0.708. The highest BCUT2D eigenvalue weighted by Crippen LogP contribution is 2.34. The van der Waals surface area contributed by atoms with Gasteiger partial charge < -0.3 is 29.3 Å². The van der Waals surface area contributed by atoms with E-state index in [0.29, 0.717) is 56.7 Å². The number of rotatable bonds is 26. The van der Waals surface area contributed by atoms with Gasteiger partial charge in [0.05, 0.1) is 19.1 Å². The fourth-order valence-corrected chi connectivity index (χ4v) is 8.43. The van der Waals surface area contributed by atoms with Crippen LogP contribution < -0.4 is 5.32 Å². The smallest absolute Gasteiger partial charge is 0.410 e. The van der Waals surface area contributed by atoms with Gasteiger partial charge in [-0.25, -0.2) is 9.78 Å². The highest BCUT2D eigenvalue weighted by Gasteiger charge is 2.39. The Balaban J connectivity index is 2.46. The zero-order valence-corrected chi connectivity index (χ0v) is 40.6. The third-order valence-corrected chi connectivity index (χ3v) is 12.0. The molecule has 2 aromatic rings. The fourth-order valence-electron chi connectivity index (χ4n) is 7.57. The van der Waals surface area contributed by atoms with Gasteiger partial charge in [0.1, 0.15) is 22.4 Å². The number of hydrogen-bond acceptors (Lipinski definition) is 10. The summed E-state index contributed by atoms with van der Waals surface area (Å²) in [6.07, 6.45) is 2.97. The number of Topliss-reactive ketones (excluding diaryl/α,β-unsaturated/α-hetero) is 1. The zero-order chi connectivity index (χ0) is 46.0. The zero-order valence-electron chi connectivity index (χ0n) is 39.7. The lowest BCUT2D eigenvalue weighted by molar-refractivity contribution is -0.145. The molecule has 0 fully saturated rings. The van der Waals surface area contributed by atoms with E-state index in [9.17, 15) is 24.0 Å². The molecule has 61 heavy (non-hydrogen) atoms. The molecule has 1 aromatic carbocycles. The van der Waals surface area contributed by atoms with Crippen molar-refractivity contribution >= 4 is 41.0 Å². The standard InChI is InChI=1S/C48H78N4O8S/c1-15-23-52(45(55)37(33(8)17-3)28-41(53)40(25-31(4)5)51(13)47(57)60-48(10,11)12)39(32(6)7)29-42(59-24-16-2)44-50-38(30-61-44)43(54)49-36(26-34(9)46(56)58-14)27-35-21-19-18-20-22-35/h18-22,30-34,36-37,39-40,42H,15-17,23-29H2,1-14H3,(H,49,54)/t33-,34-,36+,37-,39+,40-,42+/m0/s1. The monoisotopic (exact) mass is 871 g/mol. The molecule has 0 saturated heterocycles. The number of benzene rings is 1. The van der Waals surface area contributed by atoms with Crippen LogP contribution in [0.5, 0.6) is 0 Å². The molecule has 3 amide bonds. The summed E-state index contributed by atoms with van der Waals surface area (Å²) in [5.74, 6) is -1.86. The van der Waals surface area contributed by atoms with Crippen molar-refractivity contribution in [3.63, 3.8) is 0 Å². The Labute approximate surface area is 371 Å². The second-order valence-corrected chi connectivity index (χ2v) is 19.3. The van der Waals surface area contributed by atoms with Crippen molar-refractivity contribution in [2.45, 2.75) is 164 Å². The van der Waals surface area contributed by atoms with Gasteiger partial charge in [-0.05, 0) is 76.2 Å². The van der Waals surface area contributed by atoms with Crippen LogP contribution in [0.3, 0.4) is 0 Å². The van der Waals surface area contributed by atoms with E-state index < -0.39 is 35.7 Å². The summed E-state index contributed by atoms with van der Waals surface area (Å²) in [5, 5.41) is 5.51. The second-order valence-electron chi connectivity index (χ2n) is 18.4. The molecule has 0 aliphatic heterocycles. The van der Waals surface area contributed by atoms with Crippen LogP contribution in [0.25, 0.3) is 0 Å². The molecule has 1 heterocycles. The number of ether oxygens (including phenoxy) is 3. The number of carbonyl (C=O) groups is 5. The Morgan fingerprint density at radius 3 is 2.10 bits per heavy atom. The van der Waals surface area contributed by atoms with E-state index >= 15 is 0 Å².